The zero-order valence-electron chi connectivity index (χ0n) is 20.5. The van der Waals surface area contributed by atoms with Gasteiger partial charge in [-0.15, -0.1) is 0 Å². The molecule has 0 atom stereocenters. The van der Waals surface area contributed by atoms with Crippen molar-refractivity contribution in [3.63, 3.8) is 0 Å². The van der Waals surface area contributed by atoms with Crippen molar-refractivity contribution >= 4 is 40.1 Å². The van der Waals surface area contributed by atoms with E-state index in [4.69, 9.17) is 26.2 Å². The number of aromatic amines is 1. The Labute approximate surface area is 220 Å². The number of hydrogen-bond donors (Lipinski definition) is 2. The number of carboxylic acids is 1. The molecule has 0 aliphatic carbocycles. The number of H-pyrrole nitrogens is 1. The van der Waals surface area contributed by atoms with Crippen molar-refractivity contribution in [1.29, 1.82) is 0 Å². The second-order valence-corrected chi connectivity index (χ2v) is 8.87. The molecule has 0 bridgehead atoms. The fourth-order valence-corrected chi connectivity index (χ4v) is 4.31. The lowest BCUT2D eigenvalue weighted by atomic mass is 10.1. The molecule has 38 heavy (non-hydrogen) atoms. The number of nitrogens with zero attached hydrogens (tertiary/aromatic N) is 5. The average Bonchev–Trinajstić information content (AvgIpc) is 3.35. The Kier molecular flexibility index (Phi) is 7.91. The van der Waals surface area contributed by atoms with Gasteiger partial charge in [0.05, 0.1) is 12.5 Å². The number of aromatic nitrogens is 4. The molecule has 1 aliphatic heterocycles. The zero-order valence-corrected chi connectivity index (χ0v) is 21.2. The number of carboxylic acid groups (broad SMARTS) is 1. The molecule has 0 unspecified atom stereocenters. The number of hydrogen-bond acceptors (Lipinski definition) is 7. The molecule has 0 spiro atoms. The van der Waals surface area contributed by atoms with E-state index < -0.39 is 12.1 Å². The van der Waals surface area contributed by atoms with Gasteiger partial charge in [0.15, 0.2) is 5.65 Å². The van der Waals surface area contributed by atoms with Crippen LogP contribution in [0.4, 0.5) is 24.7 Å². The number of rotatable bonds is 4. The Bertz CT molecular complexity index is 1440. The van der Waals surface area contributed by atoms with Gasteiger partial charge >= 0.3 is 12.1 Å². The standard InChI is InChI=1S/C23H23ClN6O.C2HF3O2/c1-15-6-7-17(24)13-19(15)29-8-10-30(11-9-29)23-20-21(27-28-22(20)25-14-26-23)16-4-3-5-18(12-16)31-2;3-2(4,5)1(6)7/h3-7,12-14H,8-11H2,1-2H3,(H,25,26,27,28);(H,6,7). The molecule has 1 saturated heterocycles. The smallest absolute Gasteiger partial charge is 0.490 e. The first-order chi connectivity index (χ1) is 18.1. The Morgan fingerprint density at radius 1 is 1.08 bits per heavy atom. The van der Waals surface area contributed by atoms with Crippen LogP contribution in [0.25, 0.3) is 22.3 Å². The minimum absolute atomic E-state index is 0.732. The van der Waals surface area contributed by atoms with Crippen LogP contribution in [0.1, 0.15) is 5.56 Å². The molecule has 4 aromatic rings. The van der Waals surface area contributed by atoms with Gasteiger partial charge in [0.1, 0.15) is 23.6 Å². The van der Waals surface area contributed by atoms with Crippen LogP contribution in [-0.2, 0) is 4.79 Å². The van der Waals surface area contributed by atoms with Gasteiger partial charge in [0.25, 0.3) is 0 Å². The van der Waals surface area contributed by atoms with Crippen LogP contribution >= 0.6 is 11.6 Å². The number of nitrogens with one attached hydrogen (secondary N) is 1. The second-order valence-electron chi connectivity index (χ2n) is 8.43. The minimum atomic E-state index is -5.08. The van der Waals surface area contributed by atoms with E-state index in [1.165, 1.54) is 11.3 Å². The van der Waals surface area contributed by atoms with E-state index in [9.17, 15) is 13.2 Å². The summed E-state index contributed by atoms with van der Waals surface area (Å²) in [6, 6.07) is 13.9. The van der Waals surface area contributed by atoms with Gasteiger partial charge in [-0.3, -0.25) is 5.10 Å². The van der Waals surface area contributed by atoms with E-state index in [0.29, 0.717) is 0 Å². The molecule has 0 amide bonds. The summed E-state index contributed by atoms with van der Waals surface area (Å²) in [5.41, 5.74) is 4.96. The molecular formula is C25H24ClF3N6O3. The Morgan fingerprint density at radius 3 is 2.42 bits per heavy atom. The molecule has 0 radical (unpaired) electrons. The Morgan fingerprint density at radius 2 is 1.76 bits per heavy atom. The molecule has 2 aromatic carbocycles. The number of piperazine rings is 1. The second kappa shape index (κ2) is 11.1. The first kappa shape index (κ1) is 27.0. The van der Waals surface area contributed by atoms with Crippen LogP contribution < -0.4 is 14.5 Å². The van der Waals surface area contributed by atoms with E-state index in [-0.39, 0.29) is 0 Å². The molecule has 2 aromatic heterocycles. The normalized spacial score (nSPS) is 13.7. The molecule has 0 saturated carbocycles. The van der Waals surface area contributed by atoms with Crippen molar-refractivity contribution in [3.05, 3.63) is 59.4 Å². The van der Waals surface area contributed by atoms with Gasteiger partial charge in [0, 0.05) is 42.5 Å². The SMILES string of the molecule is COc1cccc(-c2n[nH]c3ncnc(N4CCN(c5cc(Cl)ccc5C)CC4)c23)c1.O=C(O)C(F)(F)F. The largest absolute Gasteiger partial charge is 0.497 e. The fourth-order valence-electron chi connectivity index (χ4n) is 4.15. The van der Waals surface area contributed by atoms with Crippen molar-refractivity contribution in [2.45, 2.75) is 13.1 Å². The molecule has 1 aliphatic rings. The molecule has 200 valence electrons. The van der Waals surface area contributed by atoms with Crippen molar-refractivity contribution in [2.24, 2.45) is 0 Å². The lowest BCUT2D eigenvalue weighted by Crippen LogP contribution is -2.47. The number of methoxy groups -OCH3 is 1. The van der Waals surface area contributed by atoms with Gasteiger partial charge in [-0.25, -0.2) is 14.8 Å². The lowest BCUT2D eigenvalue weighted by molar-refractivity contribution is -0.192. The van der Waals surface area contributed by atoms with Gasteiger partial charge < -0.3 is 19.6 Å². The predicted molar refractivity (Wildman–Crippen MR) is 138 cm³/mol. The van der Waals surface area contributed by atoms with E-state index in [1.807, 2.05) is 36.4 Å². The fraction of sp³-hybridized carbons (Fsp3) is 0.280. The quantitative estimate of drug-likeness (QED) is 0.369. The highest BCUT2D eigenvalue weighted by atomic mass is 35.5. The zero-order chi connectivity index (χ0) is 27.4. The van der Waals surface area contributed by atoms with Crippen molar-refractivity contribution < 1.29 is 27.8 Å². The maximum atomic E-state index is 10.6. The van der Waals surface area contributed by atoms with Crippen LogP contribution in [0.3, 0.4) is 0 Å². The highest BCUT2D eigenvalue weighted by Crippen LogP contribution is 2.34. The summed E-state index contributed by atoms with van der Waals surface area (Å²) in [7, 11) is 1.66. The summed E-state index contributed by atoms with van der Waals surface area (Å²) in [5, 5.41) is 16.4. The molecule has 3 heterocycles. The number of aliphatic carboxylic acids is 1. The van der Waals surface area contributed by atoms with Crippen molar-refractivity contribution in [2.75, 3.05) is 43.1 Å². The molecule has 5 rings (SSSR count). The van der Waals surface area contributed by atoms with E-state index >= 15 is 0 Å². The van der Waals surface area contributed by atoms with Crippen LogP contribution in [-0.4, -0.2) is 70.7 Å². The molecule has 1 fully saturated rings. The molecular weight excluding hydrogens is 525 g/mol. The van der Waals surface area contributed by atoms with E-state index in [2.05, 4.69) is 43.0 Å². The number of carbonyl (C=O) groups is 1. The molecule has 2 N–H and O–H groups in total. The number of fused-ring (bicyclic) bond motifs is 1. The maximum absolute atomic E-state index is 10.6. The van der Waals surface area contributed by atoms with Crippen molar-refractivity contribution in [3.8, 4) is 17.0 Å². The van der Waals surface area contributed by atoms with Gasteiger partial charge in [-0.05, 0) is 36.8 Å². The van der Waals surface area contributed by atoms with Crippen LogP contribution in [0, 0.1) is 6.92 Å². The van der Waals surface area contributed by atoms with Crippen LogP contribution in [0.15, 0.2) is 48.8 Å². The predicted octanol–water partition coefficient (Wildman–Crippen LogP) is 4.95. The Hall–Kier alpha value is -4.06. The number of anilines is 2. The third-order valence-electron chi connectivity index (χ3n) is 6.01. The topological polar surface area (TPSA) is 107 Å². The monoisotopic (exact) mass is 548 g/mol. The summed E-state index contributed by atoms with van der Waals surface area (Å²) >= 11 is 6.24. The Balaban J connectivity index is 0.000000426. The van der Waals surface area contributed by atoms with Gasteiger partial charge in [-0.2, -0.15) is 18.3 Å². The summed E-state index contributed by atoms with van der Waals surface area (Å²) in [4.78, 5) is 22.6. The highest BCUT2D eigenvalue weighted by Gasteiger charge is 2.38. The third kappa shape index (κ3) is 5.91. The molecule has 13 heteroatoms. The number of ether oxygens (including phenoxy) is 1. The first-order valence-corrected chi connectivity index (χ1v) is 11.9. The van der Waals surface area contributed by atoms with Gasteiger partial charge in [0.2, 0.25) is 0 Å². The first-order valence-electron chi connectivity index (χ1n) is 11.5. The van der Waals surface area contributed by atoms with Gasteiger partial charge in [-0.1, -0.05) is 29.8 Å². The minimum Gasteiger partial charge on any atom is -0.497 e. The summed E-state index contributed by atoms with van der Waals surface area (Å²) < 4.78 is 37.1. The summed E-state index contributed by atoms with van der Waals surface area (Å²) in [5.74, 6) is -1.07. The lowest BCUT2D eigenvalue weighted by Gasteiger charge is -2.37. The maximum Gasteiger partial charge on any atom is 0.490 e. The van der Waals surface area contributed by atoms with Crippen LogP contribution in [0.2, 0.25) is 5.02 Å². The number of benzene rings is 2. The van der Waals surface area contributed by atoms with E-state index in [0.717, 1.165) is 65.1 Å². The average molecular weight is 549 g/mol. The summed E-state index contributed by atoms with van der Waals surface area (Å²) in [6.07, 6.45) is -3.49. The van der Waals surface area contributed by atoms with Crippen molar-refractivity contribution in [1.82, 2.24) is 20.2 Å². The molecule has 9 nitrogen and oxygen atoms in total. The summed E-state index contributed by atoms with van der Waals surface area (Å²) in [6.45, 7) is 5.59. The van der Waals surface area contributed by atoms with E-state index in [1.54, 1.807) is 13.4 Å². The third-order valence-corrected chi connectivity index (χ3v) is 6.25. The number of halogens is 4. The van der Waals surface area contributed by atoms with Crippen LogP contribution in [0.5, 0.6) is 5.75 Å². The highest BCUT2D eigenvalue weighted by molar-refractivity contribution is 6.30. The number of aryl methyl sites for hydroxylation is 1. The number of alkyl halides is 3.